The lowest BCUT2D eigenvalue weighted by atomic mass is 10.1. The second-order valence-corrected chi connectivity index (χ2v) is 3.06. The van der Waals surface area contributed by atoms with Crippen LogP contribution in [0.1, 0.15) is 18.4 Å². The van der Waals surface area contributed by atoms with E-state index in [1.807, 2.05) is 18.2 Å². The van der Waals surface area contributed by atoms with Gasteiger partial charge in [-0.15, -0.1) is 0 Å². The minimum atomic E-state index is -0.432. The molecule has 1 aromatic carbocycles. The second-order valence-electron chi connectivity index (χ2n) is 3.06. The number of benzene rings is 1. The van der Waals surface area contributed by atoms with Crippen molar-refractivity contribution in [1.29, 1.82) is 0 Å². The van der Waals surface area contributed by atoms with E-state index in [4.69, 9.17) is 5.21 Å². The van der Waals surface area contributed by atoms with Gasteiger partial charge in [-0.2, -0.15) is 0 Å². The number of hydrogen-bond donors (Lipinski definition) is 2. The van der Waals surface area contributed by atoms with E-state index in [0.29, 0.717) is 6.42 Å². The molecule has 0 atom stereocenters. The van der Waals surface area contributed by atoms with Crippen LogP contribution < -0.4 is 5.48 Å². The van der Waals surface area contributed by atoms with Gasteiger partial charge in [0, 0.05) is 0 Å². The van der Waals surface area contributed by atoms with Crippen molar-refractivity contribution in [1.82, 2.24) is 5.48 Å². The van der Waals surface area contributed by atoms with Crippen molar-refractivity contribution < 1.29 is 10.0 Å². The Balaban J connectivity index is 2.13. The molecular formula is C11H14NO2. The molecule has 75 valence electrons. The van der Waals surface area contributed by atoms with Crippen LogP contribution in [0.5, 0.6) is 0 Å². The molecular weight excluding hydrogens is 178 g/mol. The van der Waals surface area contributed by atoms with E-state index in [1.54, 1.807) is 5.48 Å². The van der Waals surface area contributed by atoms with Gasteiger partial charge in [0.1, 0.15) is 0 Å². The van der Waals surface area contributed by atoms with E-state index >= 15 is 0 Å². The average molecular weight is 192 g/mol. The van der Waals surface area contributed by atoms with Crippen LogP contribution in [0.15, 0.2) is 30.3 Å². The summed E-state index contributed by atoms with van der Waals surface area (Å²) in [4.78, 5) is 10.6. The third-order valence-electron chi connectivity index (χ3n) is 1.95. The molecule has 0 aliphatic heterocycles. The summed E-state index contributed by atoms with van der Waals surface area (Å²) in [6.45, 7) is 0. The lowest BCUT2D eigenvalue weighted by Gasteiger charge is -2.00. The smallest absolute Gasteiger partial charge is 0.247 e. The molecule has 0 heterocycles. The zero-order chi connectivity index (χ0) is 10.2. The van der Waals surface area contributed by atoms with E-state index in [9.17, 15) is 4.79 Å². The van der Waals surface area contributed by atoms with Crippen molar-refractivity contribution in [2.45, 2.75) is 19.3 Å². The fourth-order valence-corrected chi connectivity index (χ4v) is 1.23. The molecule has 1 radical (unpaired) electrons. The van der Waals surface area contributed by atoms with E-state index in [-0.39, 0.29) is 0 Å². The van der Waals surface area contributed by atoms with E-state index in [2.05, 4.69) is 12.1 Å². The highest BCUT2D eigenvalue weighted by Crippen LogP contribution is 2.05. The number of unbranched alkanes of at least 4 members (excludes halogenated alkanes) is 1. The summed E-state index contributed by atoms with van der Waals surface area (Å²) < 4.78 is 0. The maximum Gasteiger partial charge on any atom is 0.247 e. The molecule has 3 nitrogen and oxygen atoms in total. The number of amides is 1. The number of hydrogen-bond acceptors (Lipinski definition) is 2. The van der Waals surface area contributed by atoms with Crippen LogP contribution >= 0.6 is 0 Å². The van der Waals surface area contributed by atoms with Gasteiger partial charge in [0.05, 0.1) is 6.42 Å². The molecule has 0 spiro atoms. The summed E-state index contributed by atoms with van der Waals surface area (Å²) in [5.74, 6) is -0.432. The molecule has 0 aromatic heterocycles. The molecule has 0 aliphatic rings. The summed E-state index contributed by atoms with van der Waals surface area (Å²) in [6, 6.07) is 10.1. The van der Waals surface area contributed by atoms with Crippen LogP contribution in [0.3, 0.4) is 0 Å². The van der Waals surface area contributed by atoms with Crippen LogP contribution in [0, 0.1) is 6.42 Å². The molecule has 1 aromatic rings. The van der Waals surface area contributed by atoms with Gasteiger partial charge < -0.3 is 0 Å². The first-order valence-electron chi connectivity index (χ1n) is 4.64. The topological polar surface area (TPSA) is 49.3 Å². The third-order valence-corrected chi connectivity index (χ3v) is 1.95. The van der Waals surface area contributed by atoms with Gasteiger partial charge in [-0.05, 0) is 24.8 Å². The molecule has 0 saturated carbocycles. The van der Waals surface area contributed by atoms with Crippen molar-refractivity contribution in [2.75, 3.05) is 0 Å². The molecule has 0 bridgehead atoms. The summed E-state index contributed by atoms with van der Waals surface area (Å²) in [5.41, 5.74) is 2.84. The fraction of sp³-hybridized carbons (Fsp3) is 0.273. The first-order chi connectivity index (χ1) is 6.83. The highest BCUT2D eigenvalue weighted by atomic mass is 16.5. The van der Waals surface area contributed by atoms with Crippen molar-refractivity contribution in [3.05, 3.63) is 42.3 Å². The van der Waals surface area contributed by atoms with Gasteiger partial charge in [-0.3, -0.25) is 10.0 Å². The number of carbonyl (C=O) groups excluding carboxylic acids is 1. The molecule has 3 heteroatoms. The van der Waals surface area contributed by atoms with Gasteiger partial charge in [-0.25, -0.2) is 5.48 Å². The monoisotopic (exact) mass is 192 g/mol. The number of nitrogens with one attached hydrogen (secondary N) is 1. The Labute approximate surface area is 83.7 Å². The highest BCUT2D eigenvalue weighted by Gasteiger charge is 1.98. The van der Waals surface area contributed by atoms with E-state index in [0.717, 1.165) is 12.8 Å². The summed E-state index contributed by atoms with van der Waals surface area (Å²) in [7, 11) is 0. The molecule has 1 amide bonds. The maximum absolute atomic E-state index is 10.6. The number of aryl methyl sites for hydroxylation is 1. The minimum absolute atomic E-state index is 0.432. The summed E-state index contributed by atoms with van der Waals surface area (Å²) in [5, 5.41) is 8.22. The Bertz CT molecular complexity index is 272. The first kappa shape index (κ1) is 10.7. The molecule has 2 N–H and O–H groups in total. The van der Waals surface area contributed by atoms with Gasteiger partial charge >= 0.3 is 0 Å². The van der Waals surface area contributed by atoms with Gasteiger partial charge in [0.25, 0.3) is 0 Å². The zero-order valence-electron chi connectivity index (χ0n) is 7.94. The largest absolute Gasteiger partial charge is 0.289 e. The lowest BCUT2D eigenvalue weighted by Crippen LogP contribution is -2.18. The number of rotatable bonds is 5. The Kier molecular flexibility index (Phi) is 4.72. The molecule has 14 heavy (non-hydrogen) atoms. The number of hydroxylamine groups is 1. The Morgan fingerprint density at radius 2 is 2.07 bits per heavy atom. The third kappa shape index (κ3) is 4.05. The van der Waals surface area contributed by atoms with Crippen LogP contribution in [-0.4, -0.2) is 11.1 Å². The number of carbonyl (C=O) groups is 1. The normalized spacial score (nSPS) is 9.79. The Hall–Kier alpha value is -1.35. The van der Waals surface area contributed by atoms with Gasteiger partial charge in [0.15, 0.2) is 0 Å². The maximum atomic E-state index is 10.6. The molecule has 1 rings (SSSR count). The van der Waals surface area contributed by atoms with Crippen LogP contribution in [0.25, 0.3) is 0 Å². The van der Waals surface area contributed by atoms with Crippen molar-refractivity contribution >= 4 is 5.91 Å². The SMILES string of the molecule is O=C([CH]CCCc1ccccc1)NO. The zero-order valence-corrected chi connectivity index (χ0v) is 7.94. The van der Waals surface area contributed by atoms with Crippen molar-refractivity contribution in [3.63, 3.8) is 0 Å². The van der Waals surface area contributed by atoms with Crippen molar-refractivity contribution in [2.24, 2.45) is 0 Å². The van der Waals surface area contributed by atoms with Crippen LogP contribution in [0.2, 0.25) is 0 Å². The second kappa shape index (κ2) is 6.16. The predicted octanol–water partition coefficient (Wildman–Crippen LogP) is 1.72. The standard InChI is InChI=1S/C11H14NO2/c13-11(12-14)9-5-4-8-10-6-2-1-3-7-10/h1-3,6-7,9,14H,4-5,8H2,(H,12,13). The summed E-state index contributed by atoms with van der Waals surface area (Å²) in [6.07, 6.45) is 4.00. The average Bonchev–Trinajstić information content (AvgIpc) is 2.25. The minimum Gasteiger partial charge on any atom is -0.289 e. The highest BCUT2D eigenvalue weighted by molar-refractivity contribution is 5.83. The lowest BCUT2D eigenvalue weighted by molar-refractivity contribution is -0.125. The predicted molar refractivity (Wildman–Crippen MR) is 53.6 cm³/mol. The Morgan fingerprint density at radius 3 is 2.71 bits per heavy atom. The van der Waals surface area contributed by atoms with Crippen LogP contribution in [0.4, 0.5) is 0 Å². The first-order valence-corrected chi connectivity index (χ1v) is 4.64. The van der Waals surface area contributed by atoms with Gasteiger partial charge in [0.2, 0.25) is 5.91 Å². The van der Waals surface area contributed by atoms with Crippen molar-refractivity contribution in [3.8, 4) is 0 Å². The molecule has 0 aliphatic carbocycles. The Morgan fingerprint density at radius 1 is 1.36 bits per heavy atom. The van der Waals surface area contributed by atoms with E-state index < -0.39 is 5.91 Å². The van der Waals surface area contributed by atoms with Crippen LogP contribution in [-0.2, 0) is 11.2 Å². The molecule has 0 unspecified atom stereocenters. The van der Waals surface area contributed by atoms with Gasteiger partial charge in [-0.1, -0.05) is 30.3 Å². The fourth-order valence-electron chi connectivity index (χ4n) is 1.23. The summed E-state index contributed by atoms with van der Waals surface area (Å²) >= 11 is 0. The molecule has 0 saturated heterocycles. The van der Waals surface area contributed by atoms with E-state index in [1.165, 1.54) is 12.0 Å². The quantitative estimate of drug-likeness (QED) is 0.424. The molecule has 0 fully saturated rings.